The van der Waals surface area contributed by atoms with E-state index in [1.54, 1.807) is 0 Å². The maximum Gasteiger partial charge on any atom is 0.165 e. The Morgan fingerprint density at radius 2 is 2.25 bits per heavy atom. The lowest BCUT2D eigenvalue weighted by Gasteiger charge is -2.13. The van der Waals surface area contributed by atoms with Gasteiger partial charge in [0.15, 0.2) is 5.82 Å². The van der Waals surface area contributed by atoms with Crippen LogP contribution in [-0.4, -0.2) is 26.2 Å². The highest BCUT2D eigenvalue weighted by Crippen LogP contribution is 2.49. The first-order valence-corrected chi connectivity index (χ1v) is 6.30. The van der Waals surface area contributed by atoms with E-state index in [9.17, 15) is 0 Å². The van der Waals surface area contributed by atoms with Crippen molar-refractivity contribution in [2.45, 2.75) is 58.2 Å². The number of hydrogen-bond acceptors (Lipinski definition) is 4. The van der Waals surface area contributed by atoms with Crippen LogP contribution in [0.1, 0.15) is 44.9 Å². The molecule has 2 saturated carbocycles. The second-order valence-corrected chi connectivity index (χ2v) is 5.26. The number of nitrogens with zero attached hydrogens (tertiary/aromatic N) is 4. The van der Waals surface area contributed by atoms with Crippen LogP contribution in [0.25, 0.3) is 0 Å². The van der Waals surface area contributed by atoms with Crippen LogP contribution in [0.3, 0.4) is 0 Å². The van der Waals surface area contributed by atoms with Crippen LogP contribution < -0.4 is 5.32 Å². The summed E-state index contributed by atoms with van der Waals surface area (Å²) in [6.45, 7) is 4.08. The average molecular weight is 221 g/mol. The zero-order chi connectivity index (χ0) is 11.0. The van der Waals surface area contributed by atoms with E-state index in [0.717, 1.165) is 18.9 Å². The van der Waals surface area contributed by atoms with Crippen molar-refractivity contribution in [3.63, 3.8) is 0 Å². The smallest absolute Gasteiger partial charge is 0.165 e. The van der Waals surface area contributed by atoms with Crippen LogP contribution in [0.15, 0.2) is 0 Å². The zero-order valence-electron chi connectivity index (χ0n) is 9.82. The first-order valence-electron chi connectivity index (χ1n) is 6.30. The van der Waals surface area contributed by atoms with Crippen LogP contribution in [-0.2, 0) is 13.1 Å². The SMILES string of the molecule is CCC1(Cn2nnnc2CNC2CC2)CC1. The van der Waals surface area contributed by atoms with E-state index in [-0.39, 0.29) is 0 Å². The number of rotatable bonds is 6. The highest BCUT2D eigenvalue weighted by molar-refractivity contribution is 4.94. The third-order valence-corrected chi connectivity index (χ3v) is 3.92. The minimum atomic E-state index is 0.504. The van der Waals surface area contributed by atoms with Crippen molar-refractivity contribution in [3.8, 4) is 0 Å². The molecule has 0 amide bonds. The van der Waals surface area contributed by atoms with E-state index >= 15 is 0 Å². The summed E-state index contributed by atoms with van der Waals surface area (Å²) in [7, 11) is 0. The molecule has 1 aromatic rings. The lowest BCUT2D eigenvalue weighted by molar-refractivity contribution is 0.369. The maximum absolute atomic E-state index is 4.10. The highest BCUT2D eigenvalue weighted by atomic mass is 15.5. The molecule has 2 aliphatic rings. The van der Waals surface area contributed by atoms with Gasteiger partial charge in [0.1, 0.15) is 0 Å². The Morgan fingerprint density at radius 1 is 1.44 bits per heavy atom. The van der Waals surface area contributed by atoms with Gasteiger partial charge in [-0.25, -0.2) is 4.68 Å². The molecule has 0 aromatic carbocycles. The molecule has 0 saturated heterocycles. The zero-order valence-corrected chi connectivity index (χ0v) is 9.82. The summed E-state index contributed by atoms with van der Waals surface area (Å²) in [5, 5.41) is 15.5. The largest absolute Gasteiger partial charge is 0.307 e. The number of hydrogen-bond donors (Lipinski definition) is 1. The van der Waals surface area contributed by atoms with Crippen molar-refractivity contribution in [3.05, 3.63) is 5.82 Å². The number of nitrogens with one attached hydrogen (secondary N) is 1. The molecular formula is C11H19N5. The van der Waals surface area contributed by atoms with Crippen molar-refractivity contribution in [2.75, 3.05) is 0 Å². The fraction of sp³-hybridized carbons (Fsp3) is 0.909. The van der Waals surface area contributed by atoms with Crippen molar-refractivity contribution < 1.29 is 0 Å². The minimum absolute atomic E-state index is 0.504. The molecule has 0 spiro atoms. The molecule has 0 aliphatic heterocycles. The van der Waals surface area contributed by atoms with E-state index in [2.05, 4.69) is 27.8 Å². The highest BCUT2D eigenvalue weighted by Gasteiger charge is 2.41. The van der Waals surface area contributed by atoms with Crippen molar-refractivity contribution in [1.29, 1.82) is 0 Å². The normalized spacial score (nSPS) is 22.3. The monoisotopic (exact) mass is 221 g/mol. The molecule has 0 radical (unpaired) electrons. The summed E-state index contributed by atoms with van der Waals surface area (Å²) in [4.78, 5) is 0. The van der Waals surface area contributed by atoms with E-state index in [4.69, 9.17) is 0 Å². The Balaban J connectivity index is 1.62. The van der Waals surface area contributed by atoms with Gasteiger partial charge in [0.05, 0.1) is 13.1 Å². The molecule has 0 bridgehead atoms. The Labute approximate surface area is 95.6 Å². The van der Waals surface area contributed by atoms with Crippen molar-refractivity contribution in [1.82, 2.24) is 25.5 Å². The van der Waals surface area contributed by atoms with Crippen LogP contribution in [0, 0.1) is 5.41 Å². The van der Waals surface area contributed by atoms with Gasteiger partial charge in [-0.3, -0.25) is 0 Å². The summed E-state index contributed by atoms with van der Waals surface area (Å²) < 4.78 is 1.99. The van der Waals surface area contributed by atoms with E-state index < -0.39 is 0 Å². The fourth-order valence-electron chi connectivity index (χ4n) is 2.11. The molecule has 1 aromatic heterocycles. The van der Waals surface area contributed by atoms with Gasteiger partial charge in [-0.05, 0) is 47.9 Å². The second kappa shape index (κ2) is 3.80. The van der Waals surface area contributed by atoms with Crippen LogP contribution >= 0.6 is 0 Å². The maximum atomic E-state index is 4.10. The fourth-order valence-corrected chi connectivity index (χ4v) is 2.11. The lowest BCUT2D eigenvalue weighted by Crippen LogP contribution is -2.21. The lowest BCUT2D eigenvalue weighted by atomic mass is 10.0. The topological polar surface area (TPSA) is 55.6 Å². The van der Waals surface area contributed by atoms with Gasteiger partial charge in [-0.15, -0.1) is 5.10 Å². The summed E-state index contributed by atoms with van der Waals surface area (Å²) in [5.41, 5.74) is 0.504. The van der Waals surface area contributed by atoms with Gasteiger partial charge in [0.2, 0.25) is 0 Å². The first kappa shape index (κ1) is 10.2. The van der Waals surface area contributed by atoms with Gasteiger partial charge in [0.25, 0.3) is 0 Å². The molecule has 2 fully saturated rings. The summed E-state index contributed by atoms with van der Waals surface area (Å²) >= 11 is 0. The molecule has 88 valence electrons. The molecule has 16 heavy (non-hydrogen) atoms. The molecule has 2 aliphatic carbocycles. The van der Waals surface area contributed by atoms with E-state index in [0.29, 0.717) is 11.5 Å². The van der Waals surface area contributed by atoms with Gasteiger partial charge in [-0.1, -0.05) is 6.92 Å². The Kier molecular flexibility index (Phi) is 2.42. The second-order valence-electron chi connectivity index (χ2n) is 5.26. The van der Waals surface area contributed by atoms with Gasteiger partial charge < -0.3 is 5.32 Å². The van der Waals surface area contributed by atoms with Crippen molar-refractivity contribution in [2.24, 2.45) is 5.41 Å². The van der Waals surface area contributed by atoms with Gasteiger partial charge in [0, 0.05) is 6.04 Å². The molecular weight excluding hydrogens is 202 g/mol. The molecule has 1 heterocycles. The predicted octanol–water partition coefficient (Wildman–Crippen LogP) is 1.12. The third-order valence-electron chi connectivity index (χ3n) is 3.92. The molecule has 0 unspecified atom stereocenters. The van der Waals surface area contributed by atoms with Gasteiger partial charge in [-0.2, -0.15) is 0 Å². The summed E-state index contributed by atoms with van der Waals surface area (Å²) in [6.07, 6.45) is 6.51. The third kappa shape index (κ3) is 2.09. The Hall–Kier alpha value is -0.970. The first-order chi connectivity index (χ1) is 7.81. The van der Waals surface area contributed by atoms with Crippen LogP contribution in [0.2, 0.25) is 0 Å². The number of tetrazole rings is 1. The van der Waals surface area contributed by atoms with Crippen LogP contribution in [0.4, 0.5) is 0 Å². The molecule has 3 rings (SSSR count). The molecule has 5 heteroatoms. The standard InChI is InChI=1S/C11H19N5/c1-2-11(5-6-11)8-16-10(13-14-15-16)7-12-9-3-4-9/h9,12H,2-8H2,1H3. The quantitative estimate of drug-likeness (QED) is 0.782. The Morgan fingerprint density at radius 3 is 2.88 bits per heavy atom. The van der Waals surface area contributed by atoms with E-state index in [1.807, 2.05) is 4.68 Å². The van der Waals surface area contributed by atoms with E-state index in [1.165, 1.54) is 32.1 Å². The van der Waals surface area contributed by atoms with Gasteiger partial charge >= 0.3 is 0 Å². The summed E-state index contributed by atoms with van der Waals surface area (Å²) in [5.74, 6) is 0.992. The van der Waals surface area contributed by atoms with Crippen LogP contribution in [0.5, 0.6) is 0 Å². The summed E-state index contributed by atoms with van der Waals surface area (Å²) in [6, 6.07) is 0.714. The predicted molar refractivity (Wildman–Crippen MR) is 59.6 cm³/mol. The molecule has 1 N–H and O–H groups in total. The molecule has 0 atom stereocenters. The number of aromatic nitrogens is 4. The minimum Gasteiger partial charge on any atom is -0.307 e. The Bertz CT molecular complexity index is 364. The van der Waals surface area contributed by atoms with Crippen molar-refractivity contribution >= 4 is 0 Å². The molecule has 5 nitrogen and oxygen atoms in total. The average Bonchev–Trinajstić information content (AvgIpc) is 3.19.